The molecule has 0 radical (unpaired) electrons. The Morgan fingerprint density at radius 2 is 1.90 bits per heavy atom. The molecule has 0 fully saturated rings. The van der Waals surface area contributed by atoms with Gasteiger partial charge in [-0.3, -0.25) is 10.1 Å². The fraction of sp³-hybridized carbons (Fsp3) is 0. The van der Waals surface area contributed by atoms with E-state index in [4.69, 9.17) is 9.84 Å². The Bertz CT molecular complexity index is 670. The van der Waals surface area contributed by atoms with Gasteiger partial charge in [0, 0.05) is 12.1 Å². The number of non-ortho nitro benzene ring substituents is 1. The number of carbonyl (C=O) groups is 1. The van der Waals surface area contributed by atoms with E-state index in [0.717, 1.165) is 18.3 Å². The lowest BCUT2D eigenvalue weighted by Crippen LogP contribution is -2.09. The van der Waals surface area contributed by atoms with Crippen LogP contribution in [-0.2, 0) is 0 Å². The van der Waals surface area contributed by atoms with E-state index in [1.807, 2.05) is 0 Å². The molecule has 1 aromatic carbocycles. The number of nitro groups is 1. The molecule has 102 valence electrons. The average molecular weight is 277 g/mol. The molecule has 2 N–H and O–H groups in total. The monoisotopic (exact) mass is 277 g/mol. The summed E-state index contributed by atoms with van der Waals surface area (Å²) in [6.45, 7) is 0. The third-order valence-corrected chi connectivity index (χ3v) is 2.23. The van der Waals surface area contributed by atoms with E-state index < -0.39 is 22.8 Å². The van der Waals surface area contributed by atoms with Crippen LogP contribution in [0.25, 0.3) is 0 Å². The Hall–Kier alpha value is -3.23. The number of nitro benzene ring substituents is 1. The minimum Gasteiger partial charge on any atom is -0.493 e. The number of ether oxygens (including phenoxy) is 1. The zero-order chi connectivity index (χ0) is 14.7. The maximum atomic E-state index is 11.7. The van der Waals surface area contributed by atoms with E-state index >= 15 is 0 Å². The Kier molecular flexibility index (Phi) is 3.42. The second kappa shape index (κ2) is 5.18. The van der Waals surface area contributed by atoms with Crippen molar-refractivity contribution < 1.29 is 24.7 Å². The maximum absolute atomic E-state index is 11.7. The summed E-state index contributed by atoms with van der Waals surface area (Å²) >= 11 is 0. The van der Waals surface area contributed by atoms with Crippen molar-refractivity contribution in [2.45, 2.75) is 0 Å². The topological polar surface area (TPSA) is 136 Å². The van der Waals surface area contributed by atoms with Crippen molar-refractivity contribution in [3.63, 3.8) is 0 Å². The van der Waals surface area contributed by atoms with Crippen molar-refractivity contribution in [1.82, 2.24) is 9.97 Å². The molecule has 2 aromatic rings. The van der Waals surface area contributed by atoms with Crippen LogP contribution in [0, 0.1) is 10.1 Å². The molecule has 2 rings (SSSR count). The number of rotatable bonds is 3. The molecule has 0 aliphatic heterocycles. The van der Waals surface area contributed by atoms with Crippen LogP contribution in [0.15, 0.2) is 30.5 Å². The zero-order valence-corrected chi connectivity index (χ0v) is 9.76. The van der Waals surface area contributed by atoms with Gasteiger partial charge in [0.15, 0.2) is 0 Å². The van der Waals surface area contributed by atoms with Gasteiger partial charge >= 0.3 is 12.0 Å². The number of benzene rings is 1. The van der Waals surface area contributed by atoms with Gasteiger partial charge < -0.3 is 14.9 Å². The van der Waals surface area contributed by atoms with Crippen molar-refractivity contribution >= 4 is 11.7 Å². The smallest absolute Gasteiger partial charge is 0.350 e. The predicted octanol–water partition coefficient (Wildman–Crippen LogP) is 1.02. The standard InChI is InChI=1S/C11H7N3O6/c15-9-8(5-12-11(17)13-9)10(16)20-7-3-1-6(2-4-7)14(18)19/h1-5H,(H2,12,13,15,17). The van der Waals surface area contributed by atoms with Crippen LogP contribution in [0.4, 0.5) is 5.69 Å². The highest BCUT2D eigenvalue weighted by molar-refractivity contribution is 5.92. The fourth-order valence-corrected chi connectivity index (χ4v) is 1.31. The molecule has 9 heteroatoms. The van der Waals surface area contributed by atoms with Crippen molar-refractivity contribution in [3.05, 3.63) is 46.1 Å². The van der Waals surface area contributed by atoms with Crippen LogP contribution in [-0.4, -0.2) is 31.1 Å². The van der Waals surface area contributed by atoms with Gasteiger partial charge in [0.1, 0.15) is 11.3 Å². The third-order valence-electron chi connectivity index (χ3n) is 2.23. The van der Waals surface area contributed by atoms with Gasteiger partial charge in [-0.2, -0.15) is 4.98 Å². The first-order valence-electron chi connectivity index (χ1n) is 5.19. The minimum atomic E-state index is -0.962. The highest BCUT2D eigenvalue weighted by Crippen LogP contribution is 2.21. The van der Waals surface area contributed by atoms with Crippen LogP contribution in [0.5, 0.6) is 17.6 Å². The van der Waals surface area contributed by atoms with Crippen molar-refractivity contribution in [2.75, 3.05) is 0 Å². The van der Waals surface area contributed by atoms with Gasteiger partial charge in [0.25, 0.3) is 5.69 Å². The molecule has 9 nitrogen and oxygen atoms in total. The Labute approximate surface area is 111 Å². The lowest BCUT2D eigenvalue weighted by Gasteiger charge is -2.04. The highest BCUT2D eigenvalue weighted by Gasteiger charge is 2.17. The van der Waals surface area contributed by atoms with Crippen LogP contribution >= 0.6 is 0 Å². The molecule has 0 saturated carbocycles. The summed E-state index contributed by atoms with van der Waals surface area (Å²) in [5.41, 5.74) is -0.498. The van der Waals surface area contributed by atoms with Gasteiger partial charge in [-0.15, -0.1) is 0 Å². The van der Waals surface area contributed by atoms with Gasteiger partial charge in [0.05, 0.1) is 11.1 Å². The number of esters is 1. The molecular weight excluding hydrogens is 270 g/mol. The first-order valence-corrected chi connectivity index (χ1v) is 5.19. The van der Waals surface area contributed by atoms with Gasteiger partial charge in [-0.1, -0.05) is 0 Å². The molecular formula is C11H7N3O6. The molecule has 0 aliphatic rings. The third kappa shape index (κ3) is 2.77. The minimum absolute atomic E-state index is 0.0491. The molecule has 0 spiro atoms. The molecule has 0 bridgehead atoms. The first kappa shape index (κ1) is 13.2. The maximum Gasteiger partial charge on any atom is 0.350 e. The van der Waals surface area contributed by atoms with Gasteiger partial charge in [0.2, 0.25) is 5.88 Å². The number of aromatic nitrogens is 2. The number of hydrogen-bond donors (Lipinski definition) is 2. The largest absolute Gasteiger partial charge is 0.493 e. The number of carbonyl (C=O) groups excluding carboxylic acids is 1. The Morgan fingerprint density at radius 3 is 2.45 bits per heavy atom. The van der Waals surface area contributed by atoms with Crippen LogP contribution in [0.3, 0.4) is 0 Å². The lowest BCUT2D eigenvalue weighted by molar-refractivity contribution is -0.384. The molecule has 0 atom stereocenters. The summed E-state index contributed by atoms with van der Waals surface area (Å²) in [6.07, 6.45) is 0.894. The van der Waals surface area contributed by atoms with E-state index in [1.165, 1.54) is 12.1 Å². The SMILES string of the molecule is O=C(Oc1ccc([N+](=O)[O-])cc1)c1cnc(O)nc1O. The lowest BCUT2D eigenvalue weighted by atomic mass is 10.3. The van der Waals surface area contributed by atoms with Crippen molar-refractivity contribution in [3.8, 4) is 17.6 Å². The fourth-order valence-electron chi connectivity index (χ4n) is 1.31. The van der Waals surface area contributed by atoms with E-state index in [0.29, 0.717) is 0 Å². The van der Waals surface area contributed by atoms with E-state index in [9.17, 15) is 20.0 Å². The molecule has 0 aliphatic carbocycles. The summed E-state index contributed by atoms with van der Waals surface area (Å²) in [6, 6.07) is 4.10. The van der Waals surface area contributed by atoms with Crippen molar-refractivity contribution in [1.29, 1.82) is 0 Å². The number of hydrogen-bond acceptors (Lipinski definition) is 8. The summed E-state index contributed by atoms with van der Waals surface area (Å²) in [7, 11) is 0. The van der Waals surface area contributed by atoms with E-state index in [1.54, 1.807) is 0 Å². The highest BCUT2D eigenvalue weighted by atomic mass is 16.6. The normalized spacial score (nSPS) is 10.0. The van der Waals surface area contributed by atoms with Gasteiger partial charge in [-0.05, 0) is 12.1 Å². The summed E-state index contributed by atoms with van der Waals surface area (Å²) in [4.78, 5) is 28.1. The molecule has 0 amide bonds. The van der Waals surface area contributed by atoms with Gasteiger partial charge in [-0.25, -0.2) is 9.78 Å². The molecule has 0 unspecified atom stereocenters. The number of nitrogens with zero attached hydrogens (tertiary/aromatic N) is 3. The van der Waals surface area contributed by atoms with E-state index in [-0.39, 0.29) is 17.0 Å². The molecule has 20 heavy (non-hydrogen) atoms. The van der Waals surface area contributed by atoms with E-state index in [2.05, 4.69) is 9.97 Å². The summed E-state index contributed by atoms with van der Waals surface area (Å²) in [5.74, 6) is -1.64. The molecule has 0 saturated heterocycles. The summed E-state index contributed by atoms with van der Waals surface area (Å²) in [5, 5.41) is 28.7. The second-order valence-corrected chi connectivity index (χ2v) is 3.55. The molecule has 1 heterocycles. The first-order chi connectivity index (χ1) is 9.47. The zero-order valence-electron chi connectivity index (χ0n) is 9.76. The Morgan fingerprint density at radius 1 is 1.25 bits per heavy atom. The van der Waals surface area contributed by atoms with Crippen LogP contribution in [0.2, 0.25) is 0 Å². The van der Waals surface area contributed by atoms with Crippen molar-refractivity contribution in [2.24, 2.45) is 0 Å². The summed E-state index contributed by atoms with van der Waals surface area (Å²) < 4.78 is 4.87. The second-order valence-electron chi connectivity index (χ2n) is 3.55. The molecule has 1 aromatic heterocycles. The number of aromatic hydroxyl groups is 2. The van der Waals surface area contributed by atoms with Crippen LogP contribution < -0.4 is 4.74 Å². The predicted molar refractivity (Wildman–Crippen MR) is 63.4 cm³/mol. The van der Waals surface area contributed by atoms with Crippen LogP contribution in [0.1, 0.15) is 10.4 Å². The quantitative estimate of drug-likeness (QED) is 0.367. The Balaban J connectivity index is 2.17. The average Bonchev–Trinajstić information content (AvgIpc) is 2.39.